The first kappa shape index (κ1) is 14.4. The van der Waals surface area contributed by atoms with Crippen LogP contribution in [0.25, 0.3) is 0 Å². The Kier molecular flexibility index (Phi) is 4.17. The number of nitrogens with zero attached hydrogens (tertiary/aromatic N) is 1. The summed E-state index contributed by atoms with van der Waals surface area (Å²) in [6, 6.07) is 0. The minimum Gasteiger partial charge on any atom is -0.480 e. The SMILES string of the molecule is COCC(C)(C(=O)O)N1CC(C)OC(C)(C)C1. The van der Waals surface area contributed by atoms with Crippen molar-refractivity contribution >= 4 is 5.97 Å². The number of carboxylic acid groups (broad SMARTS) is 1. The molecule has 0 amide bonds. The standard InChI is InChI=1S/C12H23NO4/c1-9-6-13(7-11(2,3)17-9)12(4,8-16-5)10(14)15/h9H,6-8H2,1-5H3,(H,14,15). The summed E-state index contributed by atoms with van der Waals surface area (Å²) in [5.74, 6) is -0.857. The molecule has 0 saturated carbocycles. The van der Waals surface area contributed by atoms with Crippen LogP contribution in [0.5, 0.6) is 0 Å². The Labute approximate surface area is 103 Å². The number of hydrogen-bond donors (Lipinski definition) is 1. The summed E-state index contributed by atoms with van der Waals surface area (Å²) in [5.41, 5.74) is -1.33. The van der Waals surface area contributed by atoms with Crippen molar-refractivity contribution in [2.75, 3.05) is 26.8 Å². The second-order valence-corrected chi connectivity index (χ2v) is 5.58. The van der Waals surface area contributed by atoms with E-state index in [4.69, 9.17) is 9.47 Å². The van der Waals surface area contributed by atoms with Crippen LogP contribution < -0.4 is 0 Å². The smallest absolute Gasteiger partial charge is 0.326 e. The Morgan fingerprint density at radius 1 is 1.65 bits per heavy atom. The molecule has 1 saturated heterocycles. The van der Waals surface area contributed by atoms with Crippen LogP contribution in [0.3, 0.4) is 0 Å². The van der Waals surface area contributed by atoms with Crippen LogP contribution in [0.15, 0.2) is 0 Å². The molecule has 5 nitrogen and oxygen atoms in total. The van der Waals surface area contributed by atoms with Crippen LogP contribution in [0.2, 0.25) is 0 Å². The molecule has 0 aromatic heterocycles. The predicted molar refractivity (Wildman–Crippen MR) is 64.1 cm³/mol. The van der Waals surface area contributed by atoms with Gasteiger partial charge in [-0.15, -0.1) is 0 Å². The molecule has 1 aliphatic rings. The van der Waals surface area contributed by atoms with Gasteiger partial charge in [0, 0.05) is 20.2 Å². The zero-order valence-electron chi connectivity index (χ0n) is 11.3. The first-order chi connectivity index (χ1) is 7.71. The zero-order chi connectivity index (χ0) is 13.3. The third-order valence-electron chi connectivity index (χ3n) is 3.15. The van der Waals surface area contributed by atoms with E-state index in [1.165, 1.54) is 7.11 Å². The van der Waals surface area contributed by atoms with Gasteiger partial charge in [0.25, 0.3) is 0 Å². The molecule has 1 N–H and O–H groups in total. The first-order valence-electron chi connectivity index (χ1n) is 5.86. The third kappa shape index (κ3) is 3.18. The van der Waals surface area contributed by atoms with Crippen molar-refractivity contribution in [3.8, 4) is 0 Å². The summed E-state index contributed by atoms with van der Waals surface area (Å²) in [6.07, 6.45) is 0.0225. The molecule has 1 fully saturated rings. The van der Waals surface area contributed by atoms with Gasteiger partial charge in [-0.2, -0.15) is 0 Å². The maximum Gasteiger partial charge on any atom is 0.326 e. The lowest BCUT2D eigenvalue weighted by molar-refractivity contribution is -0.179. The lowest BCUT2D eigenvalue weighted by Gasteiger charge is -2.47. The van der Waals surface area contributed by atoms with Crippen molar-refractivity contribution in [1.29, 1.82) is 0 Å². The number of hydrogen-bond acceptors (Lipinski definition) is 4. The number of ether oxygens (including phenoxy) is 2. The third-order valence-corrected chi connectivity index (χ3v) is 3.15. The molecule has 2 unspecified atom stereocenters. The molecule has 17 heavy (non-hydrogen) atoms. The van der Waals surface area contributed by atoms with Crippen molar-refractivity contribution in [2.24, 2.45) is 0 Å². The zero-order valence-corrected chi connectivity index (χ0v) is 11.3. The lowest BCUT2D eigenvalue weighted by Crippen LogP contribution is -2.64. The minimum atomic E-state index is -0.996. The fourth-order valence-corrected chi connectivity index (χ4v) is 2.40. The van der Waals surface area contributed by atoms with Gasteiger partial charge in [0.15, 0.2) is 0 Å². The molecule has 0 spiro atoms. The van der Waals surface area contributed by atoms with E-state index in [1.54, 1.807) is 6.92 Å². The van der Waals surface area contributed by atoms with Crippen LogP contribution in [0, 0.1) is 0 Å². The number of methoxy groups -OCH3 is 1. The molecule has 1 heterocycles. The van der Waals surface area contributed by atoms with Gasteiger partial charge < -0.3 is 14.6 Å². The monoisotopic (exact) mass is 245 g/mol. The molecule has 0 bridgehead atoms. The summed E-state index contributed by atoms with van der Waals surface area (Å²) < 4.78 is 10.8. The highest BCUT2D eigenvalue weighted by atomic mass is 16.5. The Morgan fingerprint density at radius 3 is 2.65 bits per heavy atom. The van der Waals surface area contributed by atoms with Gasteiger partial charge in [-0.25, -0.2) is 0 Å². The van der Waals surface area contributed by atoms with Crippen molar-refractivity contribution in [3.05, 3.63) is 0 Å². The molecule has 0 aliphatic carbocycles. The Balaban J connectivity index is 2.91. The average Bonchev–Trinajstić information content (AvgIpc) is 2.14. The van der Waals surface area contributed by atoms with Crippen LogP contribution in [-0.4, -0.2) is 60.0 Å². The number of carbonyl (C=O) groups is 1. The van der Waals surface area contributed by atoms with Crippen molar-refractivity contribution < 1.29 is 19.4 Å². The van der Waals surface area contributed by atoms with E-state index in [-0.39, 0.29) is 18.3 Å². The topological polar surface area (TPSA) is 59.0 Å². The molecule has 1 rings (SSSR count). The Morgan fingerprint density at radius 2 is 2.24 bits per heavy atom. The average molecular weight is 245 g/mol. The van der Waals surface area contributed by atoms with E-state index in [2.05, 4.69) is 0 Å². The fraction of sp³-hybridized carbons (Fsp3) is 0.917. The van der Waals surface area contributed by atoms with Crippen LogP contribution in [0.4, 0.5) is 0 Å². The van der Waals surface area contributed by atoms with Crippen LogP contribution in [-0.2, 0) is 14.3 Å². The first-order valence-corrected chi connectivity index (χ1v) is 5.86. The molecular formula is C12H23NO4. The number of aliphatic carboxylic acids is 1. The van der Waals surface area contributed by atoms with Gasteiger partial charge in [0.1, 0.15) is 5.54 Å². The van der Waals surface area contributed by atoms with E-state index in [0.717, 1.165) is 0 Å². The molecule has 100 valence electrons. The summed E-state index contributed by atoms with van der Waals surface area (Å²) in [4.78, 5) is 13.4. The van der Waals surface area contributed by atoms with Crippen molar-refractivity contribution in [3.63, 3.8) is 0 Å². The van der Waals surface area contributed by atoms with E-state index < -0.39 is 11.5 Å². The minimum absolute atomic E-state index is 0.0225. The molecule has 0 aromatic rings. The summed E-state index contributed by atoms with van der Waals surface area (Å²) >= 11 is 0. The fourth-order valence-electron chi connectivity index (χ4n) is 2.40. The summed E-state index contributed by atoms with van der Waals surface area (Å²) in [5, 5.41) is 9.41. The quantitative estimate of drug-likeness (QED) is 0.800. The van der Waals surface area contributed by atoms with Gasteiger partial charge >= 0.3 is 5.97 Å². The molecular weight excluding hydrogens is 222 g/mol. The van der Waals surface area contributed by atoms with Gasteiger partial charge in [-0.05, 0) is 27.7 Å². The predicted octanol–water partition coefficient (Wildman–Crippen LogP) is 0.975. The summed E-state index contributed by atoms with van der Waals surface area (Å²) in [7, 11) is 1.52. The number of rotatable bonds is 4. The van der Waals surface area contributed by atoms with Gasteiger partial charge in [0.05, 0.1) is 18.3 Å². The van der Waals surface area contributed by atoms with Gasteiger partial charge in [-0.1, -0.05) is 0 Å². The number of carboxylic acids is 1. The molecule has 0 aromatic carbocycles. The molecule has 1 aliphatic heterocycles. The van der Waals surface area contributed by atoms with Crippen LogP contribution in [0.1, 0.15) is 27.7 Å². The molecule has 0 radical (unpaired) electrons. The lowest BCUT2D eigenvalue weighted by atomic mass is 9.95. The number of morpholine rings is 1. The largest absolute Gasteiger partial charge is 0.480 e. The molecule has 2 atom stereocenters. The van der Waals surface area contributed by atoms with Crippen LogP contribution >= 0.6 is 0 Å². The van der Waals surface area contributed by atoms with E-state index in [1.807, 2.05) is 25.7 Å². The van der Waals surface area contributed by atoms with E-state index in [0.29, 0.717) is 13.1 Å². The van der Waals surface area contributed by atoms with Gasteiger partial charge in [-0.3, -0.25) is 9.69 Å². The normalized spacial score (nSPS) is 28.6. The van der Waals surface area contributed by atoms with Crippen molar-refractivity contribution in [1.82, 2.24) is 4.90 Å². The van der Waals surface area contributed by atoms with E-state index >= 15 is 0 Å². The highest BCUT2D eigenvalue weighted by molar-refractivity contribution is 5.78. The maximum absolute atomic E-state index is 11.5. The highest BCUT2D eigenvalue weighted by Crippen LogP contribution is 2.27. The summed E-state index contributed by atoms with van der Waals surface area (Å²) in [6.45, 7) is 8.98. The maximum atomic E-state index is 11.5. The molecule has 5 heteroatoms. The second kappa shape index (κ2) is 4.92. The Bertz CT molecular complexity index is 292. The van der Waals surface area contributed by atoms with Crippen molar-refractivity contribution in [2.45, 2.75) is 44.9 Å². The highest BCUT2D eigenvalue weighted by Gasteiger charge is 2.45. The second-order valence-electron chi connectivity index (χ2n) is 5.58. The Hall–Kier alpha value is -0.650. The van der Waals surface area contributed by atoms with Gasteiger partial charge in [0.2, 0.25) is 0 Å². The van der Waals surface area contributed by atoms with E-state index in [9.17, 15) is 9.90 Å².